The number of aliphatic hydroxyl groups excluding tert-OH is 1. The molecule has 1 aliphatic heterocycles. The fraction of sp³-hybridized carbons (Fsp3) is 0.833. The molecule has 58 valence electrons. The van der Waals surface area contributed by atoms with Crippen molar-refractivity contribution in [2.45, 2.75) is 25.1 Å². The van der Waals surface area contributed by atoms with Crippen LogP contribution in [0, 0.1) is 0 Å². The van der Waals surface area contributed by atoms with Crippen LogP contribution in [0.2, 0.25) is 0 Å². The minimum Gasteiger partial charge on any atom is -0.468 e. The van der Waals surface area contributed by atoms with Gasteiger partial charge >= 0.3 is 5.97 Å². The maximum Gasteiger partial charge on any atom is 0.322 e. The van der Waals surface area contributed by atoms with E-state index >= 15 is 0 Å². The van der Waals surface area contributed by atoms with Crippen molar-refractivity contribution in [3.05, 3.63) is 0 Å². The molecule has 0 spiro atoms. The first-order chi connectivity index (χ1) is 4.74. The van der Waals surface area contributed by atoms with Crippen molar-refractivity contribution >= 4 is 5.97 Å². The molecule has 1 heterocycles. The lowest BCUT2D eigenvalue weighted by molar-refractivity contribution is -0.143. The van der Waals surface area contributed by atoms with E-state index < -0.39 is 6.23 Å². The number of carbonyl (C=O) groups is 1. The highest BCUT2D eigenvalue weighted by Crippen LogP contribution is 2.10. The Labute approximate surface area is 59.2 Å². The summed E-state index contributed by atoms with van der Waals surface area (Å²) in [6.07, 6.45) is 0.747. The number of ether oxygens (including phenoxy) is 1. The van der Waals surface area contributed by atoms with Gasteiger partial charge in [0.1, 0.15) is 12.3 Å². The highest BCUT2D eigenvalue weighted by atomic mass is 16.5. The number of rotatable bonds is 1. The summed E-state index contributed by atoms with van der Waals surface area (Å²) in [6.45, 7) is 0. The van der Waals surface area contributed by atoms with Crippen LogP contribution in [-0.4, -0.2) is 30.5 Å². The predicted octanol–water partition coefficient (Wildman–Crippen LogP) is -0.770. The molecule has 10 heavy (non-hydrogen) atoms. The third-order valence-electron chi connectivity index (χ3n) is 1.61. The molecule has 0 saturated carbocycles. The summed E-state index contributed by atoms with van der Waals surface area (Å²) in [7, 11) is 1.34. The van der Waals surface area contributed by atoms with E-state index in [1.807, 2.05) is 0 Å². The molecular weight excluding hydrogens is 134 g/mol. The normalized spacial score (nSPS) is 32.2. The van der Waals surface area contributed by atoms with E-state index in [9.17, 15) is 4.79 Å². The van der Waals surface area contributed by atoms with Crippen LogP contribution in [0.3, 0.4) is 0 Å². The molecule has 4 heteroatoms. The van der Waals surface area contributed by atoms with E-state index in [4.69, 9.17) is 5.11 Å². The van der Waals surface area contributed by atoms with Crippen LogP contribution in [0.15, 0.2) is 0 Å². The second-order valence-electron chi connectivity index (χ2n) is 2.34. The number of nitrogens with one attached hydrogen (secondary N) is 1. The molecule has 0 aromatic rings. The van der Waals surface area contributed by atoms with Crippen molar-refractivity contribution in [1.82, 2.24) is 5.32 Å². The zero-order valence-corrected chi connectivity index (χ0v) is 5.83. The van der Waals surface area contributed by atoms with Crippen molar-refractivity contribution in [2.24, 2.45) is 0 Å². The van der Waals surface area contributed by atoms with Gasteiger partial charge in [0.15, 0.2) is 0 Å². The summed E-state index contributed by atoms with van der Waals surface area (Å²) >= 11 is 0. The molecule has 0 aliphatic carbocycles. The van der Waals surface area contributed by atoms with Crippen LogP contribution in [0.5, 0.6) is 0 Å². The van der Waals surface area contributed by atoms with Crippen molar-refractivity contribution in [1.29, 1.82) is 0 Å². The number of aliphatic hydroxyl groups is 1. The molecule has 0 bridgehead atoms. The van der Waals surface area contributed by atoms with Gasteiger partial charge in [-0.3, -0.25) is 10.1 Å². The van der Waals surface area contributed by atoms with Crippen LogP contribution >= 0.6 is 0 Å². The predicted molar refractivity (Wildman–Crippen MR) is 34.2 cm³/mol. The van der Waals surface area contributed by atoms with Crippen LogP contribution in [0.1, 0.15) is 12.8 Å². The summed E-state index contributed by atoms with van der Waals surface area (Å²) in [4.78, 5) is 10.8. The molecule has 0 aromatic heterocycles. The Morgan fingerprint density at radius 2 is 2.40 bits per heavy atom. The van der Waals surface area contributed by atoms with Gasteiger partial charge in [0.2, 0.25) is 0 Å². The molecule has 0 radical (unpaired) electrons. The number of carbonyl (C=O) groups excluding carboxylic acids is 1. The Bertz CT molecular complexity index is 137. The zero-order chi connectivity index (χ0) is 7.56. The standard InChI is InChI=1S/C6H11NO3/c1-10-6(9)4-2-3-5(8)7-4/h4-5,7-8H,2-3H2,1H3/t4-,5+/m1/s1. The third-order valence-corrected chi connectivity index (χ3v) is 1.61. The van der Waals surface area contributed by atoms with Gasteiger partial charge < -0.3 is 9.84 Å². The van der Waals surface area contributed by atoms with E-state index in [0.717, 1.165) is 0 Å². The molecular formula is C6H11NO3. The quantitative estimate of drug-likeness (QED) is 0.476. The first-order valence-corrected chi connectivity index (χ1v) is 3.26. The molecule has 1 saturated heterocycles. The molecule has 1 aliphatic rings. The molecule has 0 aromatic carbocycles. The first-order valence-electron chi connectivity index (χ1n) is 3.26. The molecule has 1 fully saturated rings. The molecule has 4 nitrogen and oxygen atoms in total. The Morgan fingerprint density at radius 1 is 1.70 bits per heavy atom. The van der Waals surface area contributed by atoms with Crippen molar-refractivity contribution < 1.29 is 14.6 Å². The zero-order valence-electron chi connectivity index (χ0n) is 5.83. The number of hydrogen-bond acceptors (Lipinski definition) is 4. The van der Waals surface area contributed by atoms with Crippen molar-refractivity contribution in [2.75, 3.05) is 7.11 Å². The average Bonchev–Trinajstić information content (AvgIpc) is 2.34. The molecule has 2 atom stereocenters. The van der Waals surface area contributed by atoms with Gasteiger partial charge in [0, 0.05) is 0 Å². The Hall–Kier alpha value is -0.610. The number of hydrogen-bond donors (Lipinski definition) is 2. The third kappa shape index (κ3) is 1.46. The minimum atomic E-state index is -0.538. The van der Waals surface area contributed by atoms with Gasteiger partial charge in [0.05, 0.1) is 7.11 Å². The highest BCUT2D eigenvalue weighted by Gasteiger charge is 2.27. The van der Waals surface area contributed by atoms with Gasteiger partial charge in [-0.25, -0.2) is 0 Å². The second-order valence-corrected chi connectivity index (χ2v) is 2.34. The van der Waals surface area contributed by atoms with Crippen LogP contribution in [0.25, 0.3) is 0 Å². The molecule has 2 N–H and O–H groups in total. The van der Waals surface area contributed by atoms with E-state index in [0.29, 0.717) is 12.8 Å². The number of esters is 1. The maximum absolute atomic E-state index is 10.8. The van der Waals surface area contributed by atoms with Gasteiger partial charge in [-0.05, 0) is 12.8 Å². The smallest absolute Gasteiger partial charge is 0.322 e. The van der Waals surface area contributed by atoms with Gasteiger partial charge in [0.25, 0.3) is 0 Å². The average molecular weight is 145 g/mol. The topological polar surface area (TPSA) is 58.6 Å². The van der Waals surface area contributed by atoms with E-state index in [1.54, 1.807) is 0 Å². The SMILES string of the molecule is COC(=O)[C@H]1CC[C@H](O)N1. The van der Waals surface area contributed by atoms with Crippen LogP contribution in [-0.2, 0) is 9.53 Å². The van der Waals surface area contributed by atoms with Crippen molar-refractivity contribution in [3.8, 4) is 0 Å². The summed E-state index contributed by atoms with van der Waals surface area (Å²) in [5.74, 6) is -0.295. The van der Waals surface area contributed by atoms with Crippen LogP contribution < -0.4 is 5.32 Å². The van der Waals surface area contributed by atoms with E-state index in [1.165, 1.54) is 7.11 Å². The van der Waals surface area contributed by atoms with Crippen LogP contribution in [0.4, 0.5) is 0 Å². The van der Waals surface area contributed by atoms with Crippen molar-refractivity contribution in [3.63, 3.8) is 0 Å². The number of methoxy groups -OCH3 is 1. The summed E-state index contributed by atoms with van der Waals surface area (Å²) in [6, 6.07) is -0.306. The molecule has 0 amide bonds. The summed E-state index contributed by atoms with van der Waals surface area (Å²) in [5.41, 5.74) is 0. The fourth-order valence-electron chi connectivity index (χ4n) is 1.05. The lowest BCUT2D eigenvalue weighted by Gasteiger charge is -2.07. The minimum absolute atomic E-state index is 0.295. The Balaban J connectivity index is 2.37. The summed E-state index contributed by atoms with van der Waals surface area (Å²) in [5, 5.41) is 11.6. The Morgan fingerprint density at radius 3 is 2.80 bits per heavy atom. The molecule has 1 rings (SSSR count). The monoisotopic (exact) mass is 145 g/mol. The first kappa shape index (κ1) is 7.50. The largest absolute Gasteiger partial charge is 0.468 e. The Kier molecular flexibility index (Phi) is 2.24. The second kappa shape index (κ2) is 2.98. The van der Waals surface area contributed by atoms with Gasteiger partial charge in [-0.2, -0.15) is 0 Å². The fourth-order valence-corrected chi connectivity index (χ4v) is 1.05. The van der Waals surface area contributed by atoms with Gasteiger partial charge in [-0.15, -0.1) is 0 Å². The lowest BCUT2D eigenvalue weighted by atomic mass is 10.2. The van der Waals surface area contributed by atoms with Gasteiger partial charge in [-0.1, -0.05) is 0 Å². The molecule has 0 unspecified atom stereocenters. The summed E-state index contributed by atoms with van der Waals surface area (Å²) < 4.78 is 4.47. The maximum atomic E-state index is 10.8. The lowest BCUT2D eigenvalue weighted by Crippen LogP contribution is -2.35. The van der Waals surface area contributed by atoms with E-state index in [-0.39, 0.29) is 12.0 Å². The van der Waals surface area contributed by atoms with E-state index in [2.05, 4.69) is 10.1 Å². The highest BCUT2D eigenvalue weighted by molar-refractivity contribution is 5.75.